The van der Waals surface area contributed by atoms with E-state index in [0.717, 1.165) is 49.5 Å². The Hall–Kier alpha value is -0.610. The number of aliphatic hydroxyl groups is 1. The number of rotatable bonds is 0. The van der Waals surface area contributed by atoms with Crippen molar-refractivity contribution in [3.63, 3.8) is 0 Å². The van der Waals surface area contributed by atoms with Gasteiger partial charge in [0.15, 0.2) is 0 Å². The number of amides is 1. The van der Waals surface area contributed by atoms with Crippen LogP contribution in [0, 0.1) is 52.3 Å². The second-order valence-electron chi connectivity index (χ2n) is 14.0. The van der Waals surface area contributed by atoms with Crippen molar-refractivity contribution in [1.29, 1.82) is 0 Å². The highest BCUT2D eigenvalue weighted by molar-refractivity contribution is 5.74. The molecule has 33 heavy (non-hydrogen) atoms. The van der Waals surface area contributed by atoms with Crippen LogP contribution in [-0.2, 0) is 9.53 Å². The fourth-order valence-electron chi connectivity index (χ4n) is 11.1. The van der Waals surface area contributed by atoms with Gasteiger partial charge in [-0.1, -0.05) is 27.7 Å². The van der Waals surface area contributed by atoms with Gasteiger partial charge in [-0.2, -0.15) is 0 Å². The Morgan fingerprint density at radius 1 is 0.939 bits per heavy atom. The second-order valence-corrected chi connectivity index (χ2v) is 14.0. The second kappa shape index (κ2) is 7.45. The molecule has 1 unspecified atom stereocenters. The average Bonchev–Trinajstić information content (AvgIpc) is 3.21. The first-order chi connectivity index (χ1) is 15.6. The summed E-state index contributed by atoms with van der Waals surface area (Å²) in [6.07, 6.45) is 12.3. The maximum absolute atomic E-state index is 12.7. The molecule has 2 saturated heterocycles. The Morgan fingerprint density at radius 3 is 2.45 bits per heavy atom. The summed E-state index contributed by atoms with van der Waals surface area (Å²) < 4.78 is 7.10. The van der Waals surface area contributed by atoms with E-state index < -0.39 is 0 Å². The van der Waals surface area contributed by atoms with Crippen molar-refractivity contribution in [3.8, 4) is 0 Å². The Balaban J connectivity index is 1.28. The third-order valence-corrected chi connectivity index (χ3v) is 12.7. The standard InChI is InChI=1S/C29H47NO3/c1-17-8-13-29(30(16-17)19(3)31)18(2)26-25(33-29)15-24-22-7-6-20-14-21(32)9-11-27(20,4)23(22)10-12-28(24,26)5/h17-18,20-26,32H,6-16H2,1-5H3/t17-,18+,20+,21+,22-,23+,24+,25+,26?,27+,28+,29-/m1/s1. The van der Waals surface area contributed by atoms with E-state index in [2.05, 4.69) is 32.6 Å². The molecule has 0 bridgehead atoms. The quantitative estimate of drug-likeness (QED) is 0.513. The number of ether oxygens (including phenoxy) is 1. The van der Waals surface area contributed by atoms with Gasteiger partial charge in [-0.05, 0) is 111 Å². The van der Waals surface area contributed by atoms with Crippen molar-refractivity contribution in [2.75, 3.05) is 6.54 Å². The molecular formula is C29H47NO3. The lowest BCUT2D eigenvalue weighted by molar-refractivity contribution is -0.201. The van der Waals surface area contributed by atoms with Gasteiger partial charge in [0, 0.05) is 19.4 Å². The Labute approximate surface area is 201 Å². The average molecular weight is 458 g/mol. The monoisotopic (exact) mass is 457 g/mol. The fourth-order valence-corrected chi connectivity index (χ4v) is 11.1. The molecule has 4 heteroatoms. The van der Waals surface area contributed by atoms with Crippen LogP contribution >= 0.6 is 0 Å². The molecule has 0 aromatic heterocycles. The molecule has 1 spiro atoms. The molecule has 6 rings (SSSR count). The van der Waals surface area contributed by atoms with Crippen LogP contribution in [0.3, 0.4) is 0 Å². The minimum atomic E-state index is -0.359. The lowest BCUT2D eigenvalue weighted by atomic mass is 9.44. The molecule has 6 aliphatic rings. The minimum Gasteiger partial charge on any atom is -0.393 e. The third kappa shape index (κ3) is 2.98. The number of piperidine rings is 1. The van der Waals surface area contributed by atoms with Crippen molar-refractivity contribution in [3.05, 3.63) is 0 Å². The maximum atomic E-state index is 12.7. The molecule has 4 aliphatic carbocycles. The molecule has 4 saturated carbocycles. The first kappa shape index (κ1) is 22.8. The summed E-state index contributed by atoms with van der Waals surface area (Å²) >= 11 is 0. The molecule has 0 radical (unpaired) electrons. The van der Waals surface area contributed by atoms with Crippen LogP contribution in [0.4, 0.5) is 0 Å². The van der Waals surface area contributed by atoms with Gasteiger partial charge in [0.2, 0.25) is 5.91 Å². The topological polar surface area (TPSA) is 49.8 Å². The summed E-state index contributed by atoms with van der Waals surface area (Å²) in [5.74, 6) is 4.91. The highest BCUT2D eigenvalue weighted by Gasteiger charge is 2.70. The highest BCUT2D eigenvalue weighted by atomic mass is 16.5. The highest BCUT2D eigenvalue weighted by Crippen LogP contribution is 2.71. The Bertz CT molecular complexity index is 815. The van der Waals surface area contributed by atoms with Gasteiger partial charge < -0.3 is 14.7 Å². The number of likely N-dealkylation sites (tertiary alicyclic amines) is 1. The van der Waals surface area contributed by atoms with Crippen molar-refractivity contribution < 1.29 is 14.6 Å². The predicted molar refractivity (Wildman–Crippen MR) is 129 cm³/mol. The summed E-state index contributed by atoms with van der Waals surface area (Å²) in [4.78, 5) is 14.9. The van der Waals surface area contributed by atoms with Crippen molar-refractivity contribution >= 4 is 5.91 Å². The zero-order chi connectivity index (χ0) is 23.3. The minimum absolute atomic E-state index is 0.0628. The van der Waals surface area contributed by atoms with E-state index in [1.54, 1.807) is 6.92 Å². The number of hydrogen-bond acceptors (Lipinski definition) is 3. The summed E-state index contributed by atoms with van der Waals surface area (Å²) in [5.41, 5.74) is 0.416. The van der Waals surface area contributed by atoms with Gasteiger partial charge in [-0.15, -0.1) is 0 Å². The number of hydrogen-bond donors (Lipinski definition) is 1. The summed E-state index contributed by atoms with van der Waals surface area (Å²) in [6.45, 7) is 12.5. The van der Waals surface area contributed by atoms with E-state index in [9.17, 15) is 9.90 Å². The third-order valence-electron chi connectivity index (χ3n) is 12.7. The lowest BCUT2D eigenvalue weighted by Crippen LogP contribution is -2.60. The summed E-state index contributed by atoms with van der Waals surface area (Å²) in [5, 5.41) is 10.3. The smallest absolute Gasteiger partial charge is 0.221 e. The number of carbonyl (C=O) groups excluding carboxylic acids is 1. The largest absolute Gasteiger partial charge is 0.393 e. The normalized spacial score (nSPS) is 57.9. The SMILES string of the molecule is CC(=O)N1C[C@H](C)CC[C@]12O[C@H]1C[C@H]3[C@@H]4CC[C@H]5C[C@@H](O)CC[C@]5(C)[C@H]4CC[C@]3(C)C1[C@@H]2C. The number of fused-ring (bicyclic) bond motifs is 7. The van der Waals surface area contributed by atoms with Gasteiger partial charge in [-0.25, -0.2) is 0 Å². The van der Waals surface area contributed by atoms with Gasteiger partial charge in [0.25, 0.3) is 0 Å². The zero-order valence-corrected chi connectivity index (χ0v) is 21.7. The van der Waals surface area contributed by atoms with E-state index in [0.29, 0.717) is 34.7 Å². The number of nitrogens with zero attached hydrogens (tertiary/aromatic N) is 1. The Morgan fingerprint density at radius 2 is 1.70 bits per heavy atom. The van der Waals surface area contributed by atoms with E-state index >= 15 is 0 Å². The van der Waals surface area contributed by atoms with E-state index in [1.165, 1.54) is 44.9 Å². The van der Waals surface area contributed by atoms with Crippen LogP contribution in [0.5, 0.6) is 0 Å². The van der Waals surface area contributed by atoms with Gasteiger partial charge in [0.1, 0.15) is 5.72 Å². The molecule has 0 aromatic rings. The molecule has 186 valence electrons. The van der Waals surface area contributed by atoms with Gasteiger partial charge in [-0.3, -0.25) is 4.79 Å². The van der Waals surface area contributed by atoms with Crippen LogP contribution in [0.15, 0.2) is 0 Å². The van der Waals surface area contributed by atoms with Crippen LogP contribution in [0.25, 0.3) is 0 Å². The molecule has 2 heterocycles. The van der Waals surface area contributed by atoms with Gasteiger partial charge >= 0.3 is 0 Å². The molecule has 0 aromatic carbocycles. The van der Waals surface area contributed by atoms with Crippen molar-refractivity contribution in [2.24, 2.45) is 52.3 Å². The molecule has 4 nitrogen and oxygen atoms in total. The molecule has 2 aliphatic heterocycles. The lowest BCUT2D eigenvalue weighted by Gasteiger charge is -2.61. The van der Waals surface area contributed by atoms with Crippen molar-refractivity contribution in [1.82, 2.24) is 4.90 Å². The van der Waals surface area contributed by atoms with Crippen LogP contribution in [0.2, 0.25) is 0 Å². The van der Waals surface area contributed by atoms with E-state index in [1.807, 2.05) is 0 Å². The first-order valence-corrected chi connectivity index (χ1v) is 14.2. The van der Waals surface area contributed by atoms with E-state index in [-0.39, 0.29) is 17.7 Å². The van der Waals surface area contributed by atoms with Crippen LogP contribution in [-0.4, -0.2) is 40.4 Å². The van der Waals surface area contributed by atoms with Gasteiger partial charge in [0.05, 0.1) is 12.2 Å². The molecular weight excluding hydrogens is 410 g/mol. The fraction of sp³-hybridized carbons (Fsp3) is 0.966. The van der Waals surface area contributed by atoms with Crippen LogP contribution < -0.4 is 0 Å². The summed E-state index contributed by atoms with van der Waals surface area (Å²) in [7, 11) is 0. The summed E-state index contributed by atoms with van der Waals surface area (Å²) in [6, 6.07) is 0. The van der Waals surface area contributed by atoms with E-state index in [4.69, 9.17) is 4.74 Å². The number of aliphatic hydroxyl groups excluding tert-OH is 1. The zero-order valence-electron chi connectivity index (χ0n) is 21.7. The molecule has 1 amide bonds. The van der Waals surface area contributed by atoms with Crippen molar-refractivity contribution in [2.45, 2.75) is 117 Å². The number of carbonyl (C=O) groups is 1. The molecule has 12 atom stereocenters. The predicted octanol–water partition coefficient (Wildman–Crippen LogP) is 5.63. The Kier molecular flexibility index (Phi) is 5.15. The first-order valence-electron chi connectivity index (χ1n) is 14.2. The molecule has 6 fully saturated rings. The maximum Gasteiger partial charge on any atom is 0.221 e. The van der Waals surface area contributed by atoms with Crippen LogP contribution in [0.1, 0.15) is 98.8 Å². The molecule has 1 N–H and O–H groups in total.